The first kappa shape index (κ1) is 15.4. The number of hydrogen-bond donors (Lipinski definition) is 1. The SMILES string of the molecule is CCOC(=O)c1ccccc1NC(=O)CN1CC(F)(F)C1. The Morgan fingerprint density at radius 3 is 2.62 bits per heavy atom. The second-order valence-electron chi connectivity index (χ2n) is 4.82. The predicted molar refractivity (Wildman–Crippen MR) is 72.4 cm³/mol. The zero-order valence-corrected chi connectivity index (χ0v) is 11.6. The normalized spacial score (nSPS) is 16.9. The number of nitrogens with one attached hydrogen (secondary N) is 1. The molecular formula is C14H16F2N2O3. The average Bonchev–Trinajstić information content (AvgIpc) is 2.37. The maximum Gasteiger partial charge on any atom is 0.340 e. The standard InChI is InChI=1S/C14H16F2N2O3/c1-2-21-13(20)10-5-3-4-6-11(10)17-12(19)7-18-8-14(15,16)9-18/h3-6H,2,7-9H2,1H3,(H,17,19). The Labute approximate surface area is 120 Å². The molecule has 0 atom stereocenters. The summed E-state index contributed by atoms with van der Waals surface area (Å²) < 4.78 is 30.3. The van der Waals surface area contributed by atoms with E-state index in [9.17, 15) is 18.4 Å². The third kappa shape index (κ3) is 3.98. The Kier molecular flexibility index (Phi) is 4.52. The molecule has 0 bridgehead atoms. The first-order valence-corrected chi connectivity index (χ1v) is 6.57. The second kappa shape index (κ2) is 6.17. The number of halogens is 2. The Bertz CT molecular complexity index is 541. The first-order chi connectivity index (χ1) is 9.91. The number of benzene rings is 1. The molecule has 7 heteroatoms. The van der Waals surface area contributed by atoms with Gasteiger partial charge in [-0.05, 0) is 19.1 Å². The number of anilines is 1. The van der Waals surface area contributed by atoms with E-state index in [-0.39, 0.29) is 18.7 Å². The van der Waals surface area contributed by atoms with Gasteiger partial charge in [0.25, 0.3) is 5.92 Å². The summed E-state index contributed by atoms with van der Waals surface area (Å²) in [7, 11) is 0. The minimum absolute atomic E-state index is 0.132. The van der Waals surface area contributed by atoms with Crippen LogP contribution in [0.25, 0.3) is 0 Å². The fourth-order valence-electron chi connectivity index (χ4n) is 2.09. The van der Waals surface area contributed by atoms with Crippen LogP contribution >= 0.6 is 0 Å². The van der Waals surface area contributed by atoms with Crippen molar-refractivity contribution in [3.63, 3.8) is 0 Å². The van der Waals surface area contributed by atoms with Crippen LogP contribution in [0.2, 0.25) is 0 Å². The summed E-state index contributed by atoms with van der Waals surface area (Å²) >= 11 is 0. The second-order valence-corrected chi connectivity index (χ2v) is 4.82. The van der Waals surface area contributed by atoms with E-state index in [1.807, 2.05) is 0 Å². The molecule has 5 nitrogen and oxygen atoms in total. The number of hydrogen-bond acceptors (Lipinski definition) is 4. The largest absolute Gasteiger partial charge is 0.462 e. The van der Waals surface area contributed by atoms with Crippen LogP contribution in [0, 0.1) is 0 Å². The van der Waals surface area contributed by atoms with E-state index < -0.39 is 30.9 Å². The Balaban J connectivity index is 1.96. The predicted octanol–water partition coefficient (Wildman–Crippen LogP) is 1.75. The van der Waals surface area contributed by atoms with Crippen LogP contribution in [-0.4, -0.2) is 48.9 Å². The third-order valence-corrected chi connectivity index (χ3v) is 2.97. The molecule has 1 heterocycles. The van der Waals surface area contributed by atoms with E-state index in [1.54, 1.807) is 25.1 Å². The van der Waals surface area contributed by atoms with Crippen molar-refractivity contribution in [2.45, 2.75) is 12.8 Å². The maximum atomic E-state index is 12.7. The molecule has 21 heavy (non-hydrogen) atoms. The smallest absolute Gasteiger partial charge is 0.340 e. The van der Waals surface area contributed by atoms with Crippen molar-refractivity contribution < 1.29 is 23.1 Å². The number of para-hydroxylation sites is 1. The Morgan fingerprint density at radius 1 is 1.33 bits per heavy atom. The van der Waals surface area contributed by atoms with Gasteiger partial charge in [-0.15, -0.1) is 0 Å². The van der Waals surface area contributed by atoms with Crippen molar-refractivity contribution in [2.24, 2.45) is 0 Å². The molecule has 114 valence electrons. The third-order valence-electron chi connectivity index (χ3n) is 2.97. The topological polar surface area (TPSA) is 58.6 Å². The molecule has 1 amide bonds. The van der Waals surface area contributed by atoms with E-state index in [4.69, 9.17) is 4.74 Å². The highest BCUT2D eigenvalue weighted by Crippen LogP contribution is 2.26. The van der Waals surface area contributed by atoms with E-state index in [1.165, 1.54) is 11.0 Å². The van der Waals surface area contributed by atoms with E-state index in [0.29, 0.717) is 5.69 Å². The summed E-state index contributed by atoms with van der Waals surface area (Å²) in [5, 5.41) is 2.55. The molecule has 1 saturated heterocycles. The van der Waals surface area contributed by atoms with Gasteiger partial charge in [-0.25, -0.2) is 13.6 Å². The molecule has 0 saturated carbocycles. The van der Waals surface area contributed by atoms with Crippen LogP contribution in [0.4, 0.5) is 14.5 Å². The van der Waals surface area contributed by atoms with E-state index >= 15 is 0 Å². The monoisotopic (exact) mass is 298 g/mol. The number of likely N-dealkylation sites (tertiary alicyclic amines) is 1. The van der Waals surface area contributed by atoms with Gasteiger partial charge in [0.1, 0.15) is 0 Å². The molecule has 1 aromatic carbocycles. The van der Waals surface area contributed by atoms with Crippen molar-refractivity contribution in [3.05, 3.63) is 29.8 Å². The van der Waals surface area contributed by atoms with Crippen LogP contribution in [0.5, 0.6) is 0 Å². The number of amides is 1. The molecule has 0 unspecified atom stereocenters. The number of nitrogens with zero attached hydrogens (tertiary/aromatic N) is 1. The zero-order chi connectivity index (χ0) is 15.5. The number of ether oxygens (including phenoxy) is 1. The van der Waals surface area contributed by atoms with Gasteiger partial charge < -0.3 is 10.1 Å². The Morgan fingerprint density at radius 2 is 2.00 bits per heavy atom. The summed E-state index contributed by atoms with van der Waals surface area (Å²) in [5.74, 6) is -3.69. The minimum atomic E-state index is -2.71. The van der Waals surface area contributed by atoms with Gasteiger partial charge in [0.15, 0.2) is 0 Å². The molecule has 0 aromatic heterocycles. The summed E-state index contributed by atoms with van der Waals surface area (Å²) in [6.45, 7) is 0.944. The van der Waals surface area contributed by atoms with Gasteiger partial charge in [-0.3, -0.25) is 9.69 Å². The van der Waals surface area contributed by atoms with Gasteiger partial charge in [-0.1, -0.05) is 12.1 Å². The summed E-state index contributed by atoms with van der Waals surface area (Å²) in [6.07, 6.45) is 0. The highest BCUT2D eigenvalue weighted by molar-refractivity contribution is 6.01. The molecule has 1 fully saturated rings. The Hall–Kier alpha value is -2.02. The molecule has 0 radical (unpaired) electrons. The first-order valence-electron chi connectivity index (χ1n) is 6.57. The van der Waals surface area contributed by atoms with Crippen molar-refractivity contribution in [1.82, 2.24) is 4.90 Å². The van der Waals surface area contributed by atoms with Crippen LogP contribution in [-0.2, 0) is 9.53 Å². The van der Waals surface area contributed by atoms with Gasteiger partial charge in [0, 0.05) is 0 Å². The van der Waals surface area contributed by atoms with Gasteiger partial charge in [-0.2, -0.15) is 0 Å². The summed E-state index contributed by atoms with van der Waals surface area (Å²) in [6, 6.07) is 6.41. The van der Waals surface area contributed by atoms with E-state index in [2.05, 4.69) is 5.32 Å². The number of carbonyl (C=O) groups excluding carboxylic acids is 2. The van der Waals surface area contributed by atoms with Crippen LogP contribution in [0.1, 0.15) is 17.3 Å². The van der Waals surface area contributed by atoms with Crippen LogP contribution < -0.4 is 5.32 Å². The highest BCUT2D eigenvalue weighted by Gasteiger charge is 2.44. The van der Waals surface area contributed by atoms with Crippen molar-refractivity contribution in [2.75, 3.05) is 31.6 Å². The average molecular weight is 298 g/mol. The number of alkyl halides is 2. The van der Waals surface area contributed by atoms with Crippen LogP contribution in [0.3, 0.4) is 0 Å². The molecule has 1 aliphatic rings. The number of rotatable bonds is 5. The van der Waals surface area contributed by atoms with Crippen LogP contribution in [0.15, 0.2) is 24.3 Å². The maximum absolute atomic E-state index is 12.7. The molecule has 0 spiro atoms. The minimum Gasteiger partial charge on any atom is -0.462 e. The molecule has 1 aromatic rings. The highest BCUT2D eigenvalue weighted by atomic mass is 19.3. The molecular weight excluding hydrogens is 282 g/mol. The fraction of sp³-hybridized carbons (Fsp3) is 0.429. The van der Waals surface area contributed by atoms with Crippen molar-refractivity contribution >= 4 is 17.6 Å². The quantitative estimate of drug-likeness (QED) is 0.841. The lowest BCUT2D eigenvalue weighted by atomic mass is 10.1. The fourth-order valence-corrected chi connectivity index (χ4v) is 2.09. The number of esters is 1. The number of carbonyl (C=O) groups is 2. The summed E-state index contributed by atoms with van der Waals surface area (Å²) in [4.78, 5) is 24.9. The zero-order valence-electron chi connectivity index (χ0n) is 11.6. The molecule has 0 aliphatic carbocycles. The lowest BCUT2D eigenvalue weighted by Gasteiger charge is -2.38. The molecule has 1 N–H and O–H groups in total. The van der Waals surface area contributed by atoms with Gasteiger partial charge >= 0.3 is 5.97 Å². The summed E-state index contributed by atoms with van der Waals surface area (Å²) in [5.41, 5.74) is 0.551. The van der Waals surface area contributed by atoms with Gasteiger partial charge in [0.2, 0.25) is 5.91 Å². The lowest BCUT2D eigenvalue weighted by molar-refractivity contribution is -0.141. The van der Waals surface area contributed by atoms with Crippen molar-refractivity contribution in [1.29, 1.82) is 0 Å². The molecule has 1 aliphatic heterocycles. The lowest BCUT2D eigenvalue weighted by Crippen LogP contribution is -2.57. The van der Waals surface area contributed by atoms with Gasteiger partial charge in [0.05, 0.1) is 37.5 Å². The molecule has 2 rings (SSSR count). The van der Waals surface area contributed by atoms with E-state index in [0.717, 1.165) is 0 Å². The van der Waals surface area contributed by atoms with Crippen molar-refractivity contribution in [3.8, 4) is 0 Å².